The maximum atomic E-state index is 13.6. The van der Waals surface area contributed by atoms with Crippen molar-refractivity contribution in [2.24, 2.45) is 5.41 Å². The highest BCUT2D eigenvalue weighted by molar-refractivity contribution is 6.07. The lowest BCUT2D eigenvalue weighted by atomic mass is 9.75. The third kappa shape index (κ3) is 4.46. The number of rotatable bonds is 4. The second kappa shape index (κ2) is 8.35. The van der Waals surface area contributed by atoms with Gasteiger partial charge in [0.1, 0.15) is 5.56 Å². The number of anilines is 2. The van der Waals surface area contributed by atoms with Crippen LogP contribution in [0.25, 0.3) is 5.69 Å². The molecule has 33 heavy (non-hydrogen) atoms. The Balaban J connectivity index is 1.82. The zero-order valence-electron chi connectivity index (χ0n) is 19.7. The van der Waals surface area contributed by atoms with Crippen LogP contribution in [0, 0.1) is 12.3 Å². The van der Waals surface area contributed by atoms with Crippen molar-refractivity contribution in [2.75, 3.05) is 24.3 Å². The summed E-state index contributed by atoms with van der Waals surface area (Å²) < 4.78 is 1.54. The Morgan fingerprint density at radius 3 is 2.21 bits per heavy atom. The van der Waals surface area contributed by atoms with Gasteiger partial charge in [-0.15, -0.1) is 0 Å². The molecule has 170 valence electrons. The number of pyridine rings is 1. The van der Waals surface area contributed by atoms with Gasteiger partial charge in [0.2, 0.25) is 0 Å². The van der Waals surface area contributed by atoms with Gasteiger partial charge in [-0.25, -0.2) is 0 Å². The number of carbonyl (C=O) groups excluding carboxylic acids is 2. The van der Waals surface area contributed by atoms with E-state index in [2.05, 4.69) is 5.32 Å². The first-order valence-corrected chi connectivity index (χ1v) is 11.0. The Morgan fingerprint density at radius 1 is 0.970 bits per heavy atom. The molecule has 0 spiro atoms. The Bertz CT molecular complexity index is 1280. The zero-order valence-corrected chi connectivity index (χ0v) is 19.7. The summed E-state index contributed by atoms with van der Waals surface area (Å²) in [4.78, 5) is 41.8. The Labute approximate surface area is 193 Å². The topological polar surface area (TPSA) is 71.4 Å². The van der Waals surface area contributed by atoms with Crippen LogP contribution in [0.3, 0.4) is 0 Å². The molecule has 0 aliphatic heterocycles. The van der Waals surface area contributed by atoms with E-state index in [0.29, 0.717) is 35.5 Å². The van der Waals surface area contributed by atoms with Crippen LogP contribution in [-0.2, 0) is 6.42 Å². The van der Waals surface area contributed by atoms with Crippen LogP contribution < -0.4 is 15.8 Å². The Morgan fingerprint density at radius 2 is 1.61 bits per heavy atom. The van der Waals surface area contributed by atoms with Crippen LogP contribution in [-0.4, -0.2) is 30.4 Å². The van der Waals surface area contributed by atoms with E-state index < -0.39 is 11.5 Å². The number of amides is 1. The predicted octanol–water partition coefficient (Wildman–Crippen LogP) is 4.62. The normalized spacial score (nSPS) is 14.5. The molecular weight excluding hydrogens is 414 g/mol. The summed E-state index contributed by atoms with van der Waals surface area (Å²) in [5.74, 6) is -0.578. The molecule has 1 heterocycles. The second-order valence-electron chi connectivity index (χ2n) is 9.73. The molecule has 0 unspecified atom stereocenters. The van der Waals surface area contributed by atoms with Crippen molar-refractivity contribution in [3.8, 4) is 5.69 Å². The number of benzene rings is 2. The largest absolute Gasteiger partial charge is 0.378 e. The lowest BCUT2D eigenvalue weighted by Gasteiger charge is -2.32. The Hall–Kier alpha value is -3.67. The van der Waals surface area contributed by atoms with Gasteiger partial charge in [0, 0.05) is 48.8 Å². The fraction of sp³-hybridized carbons (Fsp3) is 0.296. The maximum Gasteiger partial charge on any atom is 0.268 e. The first-order valence-electron chi connectivity index (χ1n) is 11.0. The predicted molar refractivity (Wildman–Crippen MR) is 132 cm³/mol. The number of carbonyl (C=O) groups is 2. The van der Waals surface area contributed by atoms with Crippen molar-refractivity contribution >= 4 is 23.1 Å². The summed E-state index contributed by atoms with van der Waals surface area (Å²) >= 11 is 0. The monoisotopic (exact) mass is 443 g/mol. The summed E-state index contributed by atoms with van der Waals surface area (Å²) in [6.07, 6.45) is 0.949. The molecule has 3 aromatic rings. The molecule has 6 heteroatoms. The molecule has 0 bridgehead atoms. The molecule has 1 aromatic heterocycles. The molecule has 0 saturated heterocycles. The van der Waals surface area contributed by atoms with E-state index in [1.165, 1.54) is 10.6 Å². The number of nitrogens with one attached hydrogen (secondary N) is 1. The smallest absolute Gasteiger partial charge is 0.268 e. The highest BCUT2D eigenvalue weighted by Crippen LogP contribution is 2.35. The molecule has 0 saturated carbocycles. The van der Waals surface area contributed by atoms with Crippen LogP contribution in [0.1, 0.15) is 52.2 Å². The van der Waals surface area contributed by atoms with Gasteiger partial charge >= 0.3 is 0 Å². The molecule has 6 nitrogen and oxygen atoms in total. The minimum atomic E-state index is -0.529. The van der Waals surface area contributed by atoms with Crippen molar-refractivity contribution in [3.05, 3.63) is 87.3 Å². The van der Waals surface area contributed by atoms with E-state index in [0.717, 1.165) is 11.3 Å². The van der Waals surface area contributed by atoms with Crippen molar-refractivity contribution in [3.63, 3.8) is 0 Å². The fourth-order valence-corrected chi connectivity index (χ4v) is 4.29. The summed E-state index contributed by atoms with van der Waals surface area (Å²) in [6, 6.07) is 16.4. The summed E-state index contributed by atoms with van der Waals surface area (Å²) in [6.45, 7) is 6.02. The van der Waals surface area contributed by atoms with Crippen LogP contribution in [0.15, 0.2) is 59.4 Å². The van der Waals surface area contributed by atoms with E-state index in [9.17, 15) is 14.4 Å². The zero-order chi connectivity index (χ0) is 23.9. The lowest BCUT2D eigenvalue weighted by Crippen LogP contribution is -2.37. The van der Waals surface area contributed by atoms with Crippen LogP contribution in [0.2, 0.25) is 0 Å². The minimum Gasteiger partial charge on any atom is -0.378 e. The molecular formula is C27H29N3O3. The summed E-state index contributed by atoms with van der Waals surface area (Å²) in [5.41, 5.74) is 3.67. The van der Waals surface area contributed by atoms with Crippen molar-refractivity contribution < 1.29 is 9.59 Å². The summed E-state index contributed by atoms with van der Waals surface area (Å²) in [7, 11) is 3.87. The highest BCUT2D eigenvalue weighted by Gasteiger charge is 2.35. The van der Waals surface area contributed by atoms with Crippen molar-refractivity contribution in [2.45, 2.75) is 33.6 Å². The van der Waals surface area contributed by atoms with Crippen molar-refractivity contribution in [1.82, 2.24) is 4.57 Å². The molecule has 0 atom stereocenters. The molecule has 1 amide bonds. The average molecular weight is 444 g/mol. The molecule has 1 aliphatic carbocycles. The number of aromatic nitrogens is 1. The van der Waals surface area contributed by atoms with Crippen LogP contribution >= 0.6 is 0 Å². The van der Waals surface area contributed by atoms with Crippen molar-refractivity contribution in [1.29, 1.82) is 0 Å². The van der Waals surface area contributed by atoms with Gasteiger partial charge in [-0.2, -0.15) is 0 Å². The lowest BCUT2D eigenvalue weighted by molar-refractivity contribution is 0.0909. The van der Waals surface area contributed by atoms with E-state index in [1.807, 2.05) is 76.2 Å². The van der Waals surface area contributed by atoms with Crippen LogP contribution in [0.5, 0.6) is 0 Å². The quantitative estimate of drug-likeness (QED) is 0.639. The van der Waals surface area contributed by atoms with Gasteiger partial charge in [-0.1, -0.05) is 31.5 Å². The number of ketones is 1. The first-order chi connectivity index (χ1) is 15.6. The first kappa shape index (κ1) is 22.5. The number of aryl methyl sites for hydroxylation is 1. The van der Waals surface area contributed by atoms with E-state index in [-0.39, 0.29) is 16.8 Å². The third-order valence-corrected chi connectivity index (χ3v) is 6.07. The molecule has 1 N–H and O–H groups in total. The van der Waals surface area contributed by atoms with E-state index in [1.54, 1.807) is 12.1 Å². The average Bonchev–Trinajstić information content (AvgIpc) is 2.74. The van der Waals surface area contributed by atoms with E-state index in [4.69, 9.17) is 0 Å². The number of fused-ring (bicyclic) bond motifs is 1. The number of hydrogen-bond acceptors (Lipinski definition) is 4. The van der Waals surface area contributed by atoms with Crippen LogP contribution in [0.4, 0.5) is 11.4 Å². The molecule has 4 rings (SSSR count). The van der Waals surface area contributed by atoms with Gasteiger partial charge < -0.3 is 10.2 Å². The summed E-state index contributed by atoms with van der Waals surface area (Å²) in [5, 5.41) is 2.81. The minimum absolute atomic E-state index is 0.0425. The second-order valence-corrected chi connectivity index (χ2v) is 9.73. The number of Topliss-reactive ketones (excluding diaryl/α,β-unsaturated/α-hetero) is 1. The third-order valence-electron chi connectivity index (χ3n) is 6.07. The fourth-order valence-electron chi connectivity index (χ4n) is 4.29. The van der Waals surface area contributed by atoms with Gasteiger partial charge in [0.05, 0.1) is 0 Å². The molecule has 0 radical (unpaired) electrons. The molecule has 1 aliphatic rings. The van der Waals surface area contributed by atoms with Gasteiger partial charge in [0.25, 0.3) is 11.5 Å². The molecule has 2 aromatic carbocycles. The standard InChI is InChI=1S/C27H29N3O3/c1-17-6-10-20(11-7-17)30-23-15-27(2,3)16-24(31)21(23)14-22(26(30)33)25(32)28-18-8-12-19(13-9-18)29(4)5/h6-14H,15-16H2,1-5H3,(H,28,32). The SMILES string of the molecule is Cc1ccc(-n2c3c(cc(C(=O)Nc4ccc(N(C)C)cc4)c2=O)C(=O)CC(C)(C)C3)cc1. The van der Waals surface area contributed by atoms with Gasteiger partial charge in [-0.3, -0.25) is 19.0 Å². The van der Waals surface area contributed by atoms with E-state index >= 15 is 0 Å². The number of hydrogen-bond donors (Lipinski definition) is 1. The molecule has 0 fully saturated rings. The number of nitrogens with zero attached hydrogens (tertiary/aromatic N) is 2. The van der Waals surface area contributed by atoms with Gasteiger partial charge in [-0.05, 0) is 61.2 Å². The maximum absolute atomic E-state index is 13.6. The highest BCUT2D eigenvalue weighted by atomic mass is 16.2. The van der Waals surface area contributed by atoms with Gasteiger partial charge in [0.15, 0.2) is 5.78 Å². The Kier molecular flexibility index (Phi) is 5.70.